The van der Waals surface area contributed by atoms with Crippen LogP contribution in [0.5, 0.6) is 0 Å². The number of carbonyl (C=O) groups is 2. The molecule has 0 aromatic heterocycles. The van der Waals surface area contributed by atoms with Crippen molar-refractivity contribution in [2.75, 3.05) is 7.05 Å². The number of nitrogens with two attached hydrogens (primary N) is 1. The predicted octanol–water partition coefficient (Wildman–Crippen LogP) is 1.30. The minimum absolute atomic E-state index is 0.0858. The van der Waals surface area contributed by atoms with Gasteiger partial charge in [-0.05, 0) is 45.1 Å². The van der Waals surface area contributed by atoms with Crippen molar-refractivity contribution in [2.24, 2.45) is 17.1 Å². The Morgan fingerprint density at radius 3 is 2.30 bits per heavy atom. The Balaban J connectivity index is 0.000000461. The average Bonchev–Trinajstić information content (AvgIpc) is 2.34. The van der Waals surface area contributed by atoms with Crippen molar-refractivity contribution in [3.63, 3.8) is 0 Å². The molecule has 4 fully saturated rings. The van der Waals surface area contributed by atoms with Crippen molar-refractivity contribution < 1.29 is 9.59 Å². The second-order valence-corrected chi connectivity index (χ2v) is 5.42. The van der Waals surface area contributed by atoms with Crippen LogP contribution in [0.1, 0.15) is 46.0 Å². The van der Waals surface area contributed by atoms with Crippen LogP contribution in [0.3, 0.4) is 0 Å². The molecule has 5 nitrogen and oxygen atoms in total. The van der Waals surface area contributed by atoms with Crippen molar-refractivity contribution >= 4 is 11.8 Å². The fourth-order valence-electron chi connectivity index (χ4n) is 2.98. The van der Waals surface area contributed by atoms with Crippen molar-refractivity contribution in [1.82, 2.24) is 10.6 Å². The highest BCUT2D eigenvalue weighted by Crippen LogP contribution is 2.64. The highest BCUT2D eigenvalue weighted by atomic mass is 16.2. The van der Waals surface area contributed by atoms with Gasteiger partial charge in [-0.3, -0.25) is 9.59 Å². The number of piperidine rings is 1. The van der Waals surface area contributed by atoms with Gasteiger partial charge in [0.25, 0.3) is 0 Å². The van der Waals surface area contributed by atoms with E-state index in [0.29, 0.717) is 6.42 Å². The lowest BCUT2D eigenvalue weighted by Crippen LogP contribution is -2.63. The molecule has 0 aromatic rings. The minimum atomic E-state index is -0.355. The van der Waals surface area contributed by atoms with E-state index in [1.54, 1.807) is 0 Å². The van der Waals surface area contributed by atoms with E-state index in [9.17, 15) is 9.59 Å². The molecular formula is C15H27N3O2. The van der Waals surface area contributed by atoms with Gasteiger partial charge in [-0.15, -0.1) is 0 Å². The molecule has 1 heterocycles. The van der Waals surface area contributed by atoms with Gasteiger partial charge in [0.15, 0.2) is 0 Å². The normalized spacial score (nSPS) is 33.0. The Hall–Kier alpha value is -1.36. The van der Waals surface area contributed by atoms with E-state index >= 15 is 0 Å². The van der Waals surface area contributed by atoms with E-state index in [1.165, 1.54) is 7.05 Å². The van der Waals surface area contributed by atoms with Gasteiger partial charge in [0.1, 0.15) is 6.04 Å². The van der Waals surface area contributed by atoms with Crippen molar-refractivity contribution in [3.05, 3.63) is 12.3 Å². The van der Waals surface area contributed by atoms with E-state index in [4.69, 9.17) is 0 Å². The van der Waals surface area contributed by atoms with E-state index in [1.807, 2.05) is 13.8 Å². The smallest absolute Gasteiger partial charge is 0.246 e. The van der Waals surface area contributed by atoms with Crippen LogP contribution in [-0.4, -0.2) is 24.9 Å². The number of amides is 2. The third-order valence-corrected chi connectivity index (χ3v) is 4.18. The van der Waals surface area contributed by atoms with E-state index in [0.717, 1.165) is 37.3 Å². The van der Waals surface area contributed by atoms with Crippen molar-refractivity contribution in [1.29, 1.82) is 0 Å². The molecule has 2 bridgehead atoms. The van der Waals surface area contributed by atoms with E-state index in [2.05, 4.69) is 22.9 Å². The summed E-state index contributed by atoms with van der Waals surface area (Å²) in [6.45, 7) is 7.72. The first-order valence-electron chi connectivity index (χ1n) is 7.46. The molecule has 3 saturated carbocycles. The predicted molar refractivity (Wildman–Crippen MR) is 79.7 cm³/mol. The molecule has 5 heteroatoms. The van der Waals surface area contributed by atoms with Crippen LogP contribution in [0.15, 0.2) is 12.3 Å². The summed E-state index contributed by atoms with van der Waals surface area (Å²) in [4.78, 5) is 23.6. The van der Waals surface area contributed by atoms with Gasteiger partial charge >= 0.3 is 0 Å². The highest BCUT2D eigenvalue weighted by Gasteiger charge is 2.61. The van der Waals surface area contributed by atoms with Crippen LogP contribution in [0, 0.1) is 11.3 Å². The molecule has 1 aliphatic heterocycles. The Labute approximate surface area is 121 Å². The standard InChI is InChI=1S/C12H16N2O2.C2H6.CH5N/c1-7-2-3-9(10(15)13-7)14-11(16)12-4-8(5-12)6-12;2*1-2/h8-9H,1-6H2,(H,13,15)(H,14,16);1-2H3;2H2,1H3. The summed E-state index contributed by atoms with van der Waals surface area (Å²) in [7, 11) is 1.50. The molecule has 1 atom stereocenters. The Bertz CT molecular complexity index is 376. The summed E-state index contributed by atoms with van der Waals surface area (Å²) in [5, 5.41) is 5.56. The summed E-state index contributed by atoms with van der Waals surface area (Å²) in [5.41, 5.74) is 5.15. The topological polar surface area (TPSA) is 84.2 Å². The van der Waals surface area contributed by atoms with Crippen LogP contribution >= 0.6 is 0 Å². The zero-order chi connectivity index (χ0) is 15.3. The Morgan fingerprint density at radius 2 is 1.90 bits per heavy atom. The van der Waals surface area contributed by atoms with Gasteiger partial charge in [-0.2, -0.15) is 0 Å². The molecule has 3 aliphatic carbocycles. The largest absolute Gasteiger partial charge is 0.344 e. The molecule has 4 rings (SSSR count). The lowest BCUT2D eigenvalue weighted by Gasteiger charge is -2.60. The number of rotatable bonds is 2. The number of carbonyl (C=O) groups excluding carboxylic acids is 2. The summed E-state index contributed by atoms with van der Waals surface area (Å²) in [5.74, 6) is 0.754. The fourth-order valence-corrected chi connectivity index (χ4v) is 2.98. The number of nitrogens with one attached hydrogen (secondary N) is 2. The molecule has 1 saturated heterocycles. The second-order valence-electron chi connectivity index (χ2n) is 5.42. The molecule has 114 valence electrons. The maximum atomic E-state index is 12.0. The van der Waals surface area contributed by atoms with Crippen molar-refractivity contribution in [3.8, 4) is 0 Å². The van der Waals surface area contributed by atoms with Crippen LogP contribution < -0.4 is 16.4 Å². The van der Waals surface area contributed by atoms with Gasteiger partial charge in [-0.25, -0.2) is 0 Å². The molecule has 0 aromatic carbocycles. The fraction of sp³-hybridized carbons (Fsp3) is 0.733. The first-order valence-corrected chi connectivity index (χ1v) is 7.46. The van der Waals surface area contributed by atoms with Crippen LogP contribution in [0.25, 0.3) is 0 Å². The zero-order valence-corrected chi connectivity index (χ0v) is 12.8. The lowest BCUT2D eigenvalue weighted by molar-refractivity contribution is -0.166. The number of hydrogen-bond donors (Lipinski definition) is 3. The van der Waals surface area contributed by atoms with Crippen LogP contribution in [-0.2, 0) is 9.59 Å². The second kappa shape index (κ2) is 6.88. The zero-order valence-electron chi connectivity index (χ0n) is 12.8. The highest BCUT2D eigenvalue weighted by molar-refractivity contribution is 5.92. The Kier molecular flexibility index (Phi) is 5.74. The molecule has 4 N–H and O–H groups in total. The third-order valence-electron chi connectivity index (χ3n) is 4.18. The first kappa shape index (κ1) is 16.7. The van der Waals surface area contributed by atoms with Crippen LogP contribution in [0.4, 0.5) is 0 Å². The molecule has 4 aliphatic rings. The van der Waals surface area contributed by atoms with E-state index in [-0.39, 0.29) is 23.3 Å². The van der Waals surface area contributed by atoms with Gasteiger partial charge < -0.3 is 16.4 Å². The molecule has 0 spiro atoms. The average molecular weight is 281 g/mol. The molecule has 0 radical (unpaired) electrons. The molecular weight excluding hydrogens is 254 g/mol. The van der Waals surface area contributed by atoms with Gasteiger partial charge in [0, 0.05) is 11.1 Å². The molecule has 20 heavy (non-hydrogen) atoms. The Morgan fingerprint density at radius 1 is 1.35 bits per heavy atom. The van der Waals surface area contributed by atoms with Gasteiger partial charge in [-0.1, -0.05) is 20.4 Å². The summed E-state index contributed by atoms with van der Waals surface area (Å²) in [6, 6.07) is -0.355. The number of hydrogen-bond acceptors (Lipinski definition) is 3. The summed E-state index contributed by atoms with van der Waals surface area (Å²) >= 11 is 0. The van der Waals surface area contributed by atoms with Gasteiger partial charge in [0.05, 0.1) is 0 Å². The maximum Gasteiger partial charge on any atom is 0.246 e. The number of allylic oxidation sites excluding steroid dienone is 1. The van der Waals surface area contributed by atoms with Crippen LogP contribution in [0.2, 0.25) is 0 Å². The minimum Gasteiger partial charge on any atom is -0.344 e. The van der Waals surface area contributed by atoms with E-state index < -0.39 is 0 Å². The molecule has 1 unspecified atom stereocenters. The maximum absolute atomic E-state index is 12.0. The van der Waals surface area contributed by atoms with Gasteiger partial charge in [0.2, 0.25) is 11.8 Å². The summed E-state index contributed by atoms with van der Waals surface area (Å²) in [6.07, 6.45) is 4.52. The SMILES string of the molecule is C=C1CCC(NC(=O)C23CC(C2)C3)C(=O)N1.CC.CN. The quantitative estimate of drug-likeness (QED) is 0.713. The molecule has 2 amide bonds. The monoisotopic (exact) mass is 281 g/mol. The third kappa shape index (κ3) is 3.03. The lowest BCUT2D eigenvalue weighted by atomic mass is 9.44. The summed E-state index contributed by atoms with van der Waals surface area (Å²) < 4.78 is 0. The first-order chi connectivity index (χ1) is 9.59. The van der Waals surface area contributed by atoms with Crippen molar-refractivity contribution in [2.45, 2.75) is 52.0 Å².